The van der Waals surface area contributed by atoms with E-state index in [1.165, 1.54) is 12.0 Å². The van der Waals surface area contributed by atoms with Crippen LogP contribution in [-0.2, 0) is 6.42 Å². The van der Waals surface area contributed by atoms with Gasteiger partial charge in [0, 0.05) is 49.2 Å². The molecule has 1 fully saturated rings. The van der Waals surface area contributed by atoms with Crippen LogP contribution in [-0.4, -0.2) is 36.1 Å². The van der Waals surface area contributed by atoms with E-state index in [-0.39, 0.29) is 17.4 Å². The molecule has 0 bridgehead atoms. The summed E-state index contributed by atoms with van der Waals surface area (Å²) in [4.78, 5) is 10.7. The monoisotopic (exact) mass is 417 g/mol. The van der Waals surface area contributed by atoms with Crippen LogP contribution < -0.4 is 20.3 Å². The molecule has 158 valence electrons. The number of nitrogens with zero attached hydrogens (tertiary/aromatic N) is 3. The summed E-state index contributed by atoms with van der Waals surface area (Å²) in [6.07, 6.45) is 4.05. The number of hydrogen-bond donors (Lipinski definition) is 2. The van der Waals surface area contributed by atoms with E-state index in [2.05, 4.69) is 37.6 Å². The largest absolute Gasteiger partial charge is 0.436 e. The second kappa shape index (κ2) is 8.35. The maximum Gasteiger partial charge on any atom is 0.224 e. The summed E-state index contributed by atoms with van der Waals surface area (Å²) in [6.45, 7) is 6.02. The molecule has 1 aromatic heterocycles. The third-order valence-electron chi connectivity index (χ3n) is 5.57. The lowest BCUT2D eigenvalue weighted by Crippen LogP contribution is -2.43. The highest BCUT2D eigenvalue weighted by Gasteiger charge is 2.18. The summed E-state index contributed by atoms with van der Waals surface area (Å²) in [5, 5.41) is 6.62. The Bertz CT molecular complexity index is 1120. The van der Waals surface area contributed by atoms with E-state index in [1.54, 1.807) is 12.1 Å². The Balaban J connectivity index is 1.29. The maximum absolute atomic E-state index is 14.8. The molecule has 2 aliphatic rings. The van der Waals surface area contributed by atoms with E-state index in [4.69, 9.17) is 4.74 Å². The van der Waals surface area contributed by atoms with Gasteiger partial charge in [-0.2, -0.15) is 0 Å². The molecule has 1 aliphatic carbocycles. The average molecular weight is 417 g/mol. The number of hydrogen-bond acceptors (Lipinski definition) is 6. The number of aromatic nitrogens is 2. The number of allylic oxidation sites excluding steroid dienone is 1. The predicted molar refractivity (Wildman–Crippen MR) is 121 cm³/mol. The lowest BCUT2D eigenvalue weighted by atomic mass is 10.1. The van der Waals surface area contributed by atoms with Crippen LogP contribution in [0.25, 0.3) is 6.08 Å². The summed E-state index contributed by atoms with van der Waals surface area (Å²) in [5.74, 6) is 0.672. The Morgan fingerprint density at radius 2 is 1.87 bits per heavy atom. The molecule has 2 heterocycles. The van der Waals surface area contributed by atoms with Gasteiger partial charge in [-0.3, -0.25) is 0 Å². The van der Waals surface area contributed by atoms with Crippen molar-refractivity contribution in [3.63, 3.8) is 0 Å². The van der Waals surface area contributed by atoms with Gasteiger partial charge in [-0.25, -0.2) is 14.4 Å². The number of piperazine rings is 1. The van der Waals surface area contributed by atoms with Crippen molar-refractivity contribution >= 4 is 23.3 Å². The fourth-order valence-electron chi connectivity index (χ4n) is 4.00. The smallest absolute Gasteiger partial charge is 0.224 e. The van der Waals surface area contributed by atoms with Crippen molar-refractivity contribution in [3.8, 4) is 11.6 Å². The number of halogens is 1. The molecule has 1 aliphatic heterocycles. The molecule has 2 N–H and O–H groups in total. The molecule has 0 unspecified atom stereocenters. The Labute approximate surface area is 180 Å². The quantitative estimate of drug-likeness (QED) is 0.637. The minimum atomic E-state index is -0.356. The van der Waals surface area contributed by atoms with Crippen molar-refractivity contribution in [1.29, 1.82) is 0 Å². The Morgan fingerprint density at radius 1 is 1.06 bits per heavy atom. The first kappa shape index (κ1) is 19.5. The normalized spacial score (nSPS) is 15.4. The van der Waals surface area contributed by atoms with E-state index < -0.39 is 0 Å². The summed E-state index contributed by atoms with van der Waals surface area (Å²) >= 11 is 0. The number of ether oxygens (including phenoxy) is 1. The molecule has 3 aromatic rings. The van der Waals surface area contributed by atoms with Crippen LogP contribution in [0.1, 0.15) is 18.1 Å². The molecule has 7 heteroatoms. The Kier molecular flexibility index (Phi) is 5.26. The lowest BCUT2D eigenvalue weighted by molar-refractivity contribution is 0.426. The molecular formula is C24H24FN5O. The molecular weight excluding hydrogens is 393 g/mol. The zero-order valence-electron chi connectivity index (χ0n) is 17.4. The highest BCUT2D eigenvalue weighted by molar-refractivity contribution is 5.66. The van der Waals surface area contributed by atoms with E-state index in [9.17, 15) is 4.39 Å². The first-order valence-electron chi connectivity index (χ1n) is 10.5. The maximum atomic E-state index is 14.8. The second-order valence-corrected chi connectivity index (χ2v) is 7.87. The zero-order chi connectivity index (χ0) is 21.2. The molecule has 0 amide bonds. The first-order chi connectivity index (χ1) is 15.2. The summed E-state index contributed by atoms with van der Waals surface area (Å²) in [7, 11) is 0. The van der Waals surface area contributed by atoms with Gasteiger partial charge in [0.1, 0.15) is 12.1 Å². The molecule has 1 saturated heterocycles. The van der Waals surface area contributed by atoms with E-state index >= 15 is 0 Å². The molecule has 0 saturated carbocycles. The predicted octanol–water partition coefficient (Wildman–Crippen LogP) is 4.52. The van der Waals surface area contributed by atoms with Crippen LogP contribution in [0.15, 0.2) is 54.4 Å². The van der Waals surface area contributed by atoms with Crippen molar-refractivity contribution in [3.05, 3.63) is 71.3 Å². The van der Waals surface area contributed by atoms with E-state index in [0.29, 0.717) is 11.4 Å². The molecule has 31 heavy (non-hydrogen) atoms. The topological polar surface area (TPSA) is 62.3 Å². The molecule has 6 nitrogen and oxygen atoms in total. The van der Waals surface area contributed by atoms with Gasteiger partial charge in [0.05, 0.1) is 0 Å². The van der Waals surface area contributed by atoms with Crippen molar-refractivity contribution < 1.29 is 9.13 Å². The second-order valence-electron chi connectivity index (χ2n) is 7.87. The van der Waals surface area contributed by atoms with Gasteiger partial charge in [-0.1, -0.05) is 17.7 Å². The van der Waals surface area contributed by atoms with E-state index in [1.807, 2.05) is 31.2 Å². The van der Waals surface area contributed by atoms with Gasteiger partial charge in [0.25, 0.3) is 0 Å². The third kappa shape index (κ3) is 4.22. The number of rotatable bonds is 5. The van der Waals surface area contributed by atoms with Crippen molar-refractivity contribution in [2.24, 2.45) is 0 Å². The van der Waals surface area contributed by atoms with Crippen molar-refractivity contribution in [2.75, 3.05) is 36.4 Å². The molecule has 5 rings (SSSR count). The van der Waals surface area contributed by atoms with Crippen LogP contribution in [0.2, 0.25) is 0 Å². The average Bonchev–Trinajstić information content (AvgIpc) is 3.18. The Hall–Kier alpha value is -3.45. The van der Waals surface area contributed by atoms with E-state index in [0.717, 1.165) is 49.4 Å². The molecule has 0 radical (unpaired) electrons. The van der Waals surface area contributed by atoms with Crippen molar-refractivity contribution in [1.82, 2.24) is 15.3 Å². The number of nitrogens with one attached hydrogen (secondary N) is 2. The van der Waals surface area contributed by atoms with Crippen LogP contribution in [0.4, 0.5) is 21.6 Å². The molecule has 2 aromatic carbocycles. The lowest BCUT2D eigenvalue weighted by Gasteiger charge is -2.29. The fraction of sp³-hybridized carbons (Fsp3) is 0.250. The minimum absolute atomic E-state index is 0.162. The van der Waals surface area contributed by atoms with Gasteiger partial charge in [0.15, 0.2) is 11.6 Å². The van der Waals surface area contributed by atoms with Gasteiger partial charge in [-0.15, -0.1) is 0 Å². The number of anilines is 3. The Morgan fingerprint density at radius 3 is 2.68 bits per heavy atom. The SMILES string of the molecule is CC1=Cc2c(ccc(Oc3cc(Nc4ccc(N5CCNCC5)cc4)ncn3)c2F)C1. The minimum Gasteiger partial charge on any atom is -0.436 e. The van der Waals surface area contributed by atoms with Gasteiger partial charge < -0.3 is 20.3 Å². The van der Waals surface area contributed by atoms with Crippen LogP contribution >= 0.6 is 0 Å². The third-order valence-corrected chi connectivity index (χ3v) is 5.57. The standard InChI is InChI=1S/C24H24FN5O/c1-16-12-17-2-7-21(24(25)20(17)13-16)31-23-14-22(27-15-28-23)29-18-3-5-19(6-4-18)30-10-8-26-9-11-30/h2-7,13-15,26H,8-12H2,1H3,(H,27,28,29). The van der Waals surface area contributed by atoms with Crippen LogP contribution in [0.5, 0.6) is 11.6 Å². The zero-order valence-corrected chi connectivity index (χ0v) is 17.4. The highest BCUT2D eigenvalue weighted by atomic mass is 19.1. The summed E-state index contributed by atoms with van der Waals surface area (Å²) < 4.78 is 20.6. The first-order valence-corrected chi connectivity index (χ1v) is 10.5. The van der Waals surface area contributed by atoms with Crippen LogP contribution in [0.3, 0.4) is 0 Å². The van der Waals surface area contributed by atoms with Gasteiger partial charge in [-0.05, 0) is 49.2 Å². The summed E-state index contributed by atoms with van der Waals surface area (Å²) in [5.41, 5.74) is 4.84. The van der Waals surface area contributed by atoms with Gasteiger partial charge in [0.2, 0.25) is 5.88 Å². The van der Waals surface area contributed by atoms with Crippen molar-refractivity contribution in [2.45, 2.75) is 13.3 Å². The van der Waals surface area contributed by atoms with Crippen LogP contribution in [0, 0.1) is 5.82 Å². The highest BCUT2D eigenvalue weighted by Crippen LogP contribution is 2.34. The molecule has 0 spiro atoms. The number of fused-ring (bicyclic) bond motifs is 1. The fourth-order valence-corrected chi connectivity index (χ4v) is 4.00. The molecule has 0 atom stereocenters. The number of benzene rings is 2. The van der Waals surface area contributed by atoms with Gasteiger partial charge >= 0.3 is 0 Å². The summed E-state index contributed by atoms with van der Waals surface area (Å²) in [6, 6.07) is 13.5.